The van der Waals surface area contributed by atoms with Crippen LogP contribution in [-0.2, 0) is 9.53 Å². The third-order valence-corrected chi connectivity index (χ3v) is 3.54. The molecule has 0 aliphatic carbocycles. The monoisotopic (exact) mass is 277 g/mol. The summed E-state index contributed by atoms with van der Waals surface area (Å²) in [4.78, 5) is 14.0. The molecular weight excluding hydrogens is 254 g/mol. The van der Waals surface area contributed by atoms with Gasteiger partial charge in [-0.3, -0.25) is 9.69 Å². The predicted molar refractivity (Wildman–Crippen MR) is 77.7 cm³/mol. The normalized spacial score (nSPS) is 19.6. The molecule has 1 aromatic rings. The van der Waals surface area contributed by atoms with Crippen LogP contribution in [0.3, 0.4) is 0 Å². The van der Waals surface area contributed by atoms with Gasteiger partial charge in [0, 0.05) is 13.1 Å². The first-order valence-electron chi connectivity index (χ1n) is 7.36. The molecule has 1 aliphatic heterocycles. The zero-order chi connectivity index (χ0) is 14.2. The Morgan fingerprint density at radius 1 is 1.35 bits per heavy atom. The van der Waals surface area contributed by atoms with Crippen LogP contribution in [-0.4, -0.2) is 43.7 Å². The lowest BCUT2D eigenvalue weighted by atomic mass is 9.98. The van der Waals surface area contributed by atoms with Crippen LogP contribution in [0.2, 0.25) is 0 Å². The average Bonchev–Trinajstić information content (AvgIpc) is 2.49. The van der Waals surface area contributed by atoms with E-state index in [1.807, 2.05) is 37.3 Å². The molecule has 1 saturated heterocycles. The maximum Gasteiger partial charge on any atom is 0.310 e. The lowest BCUT2D eigenvalue weighted by Crippen LogP contribution is -2.41. The SMILES string of the molecule is CCOC(=O)C1CCCN(CCOc2ccccc2)C1. The van der Waals surface area contributed by atoms with Gasteiger partial charge in [0.25, 0.3) is 0 Å². The lowest BCUT2D eigenvalue weighted by Gasteiger charge is -2.31. The molecule has 4 nitrogen and oxygen atoms in total. The number of para-hydroxylation sites is 1. The molecule has 0 radical (unpaired) electrons. The zero-order valence-corrected chi connectivity index (χ0v) is 12.1. The summed E-state index contributed by atoms with van der Waals surface area (Å²) in [6, 6.07) is 9.82. The van der Waals surface area contributed by atoms with Crippen LogP contribution in [0, 0.1) is 5.92 Å². The average molecular weight is 277 g/mol. The maximum absolute atomic E-state index is 11.8. The molecule has 1 aliphatic rings. The molecule has 0 amide bonds. The largest absolute Gasteiger partial charge is 0.492 e. The number of hydrogen-bond acceptors (Lipinski definition) is 4. The van der Waals surface area contributed by atoms with Gasteiger partial charge in [0.2, 0.25) is 0 Å². The van der Waals surface area contributed by atoms with E-state index >= 15 is 0 Å². The van der Waals surface area contributed by atoms with Crippen LogP contribution in [0.1, 0.15) is 19.8 Å². The second-order valence-corrected chi connectivity index (χ2v) is 5.05. The number of ether oxygens (including phenoxy) is 2. The van der Waals surface area contributed by atoms with E-state index in [0.29, 0.717) is 13.2 Å². The van der Waals surface area contributed by atoms with Crippen LogP contribution in [0.5, 0.6) is 5.75 Å². The highest BCUT2D eigenvalue weighted by atomic mass is 16.5. The Hall–Kier alpha value is -1.55. The number of likely N-dealkylation sites (tertiary alicyclic amines) is 1. The summed E-state index contributed by atoms with van der Waals surface area (Å²) in [6.45, 7) is 5.65. The molecular formula is C16H23NO3. The van der Waals surface area contributed by atoms with Gasteiger partial charge >= 0.3 is 5.97 Å². The van der Waals surface area contributed by atoms with E-state index in [9.17, 15) is 4.79 Å². The third-order valence-electron chi connectivity index (χ3n) is 3.54. The molecule has 1 aromatic carbocycles. The highest BCUT2D eigenvalue weighted by Gasteiger charge is 2.26. The molecule has 1 atom stereocenters. The summed E-state index contributed by atoms with van der Waals surface area (Å²) >= 11 is 0. The molecule has 1 fully saturated rings. The summed E-state index contributed by atoms with van der Waals surface area (Å²) in [5.41, 5.74) is 0. The minimum absolute atomic E-state index is 0.0282. The van der Waals surface area contributed by atoms with Crippen LogP contribution in [0.25, 0.3) is 0 Å². The first-order chi connectivity index (χ1) is 9.79. The van der Waals surface area contributed by atoms with E-state index in [-0.39, 0.29) is 11.9 Å². The van der Waals surface area contributed by atoms with Crippen molar-refractivity contribution in [2.45, 2.75) is 19.8 Å². The fraction of sp³-hybridized carbons (Fsp3) is 0.562. The Bertz CT molecular complexity index is 407. The molecule has 2 rings (SSSR count). The number of carbonyl (C=O) groups excluding carboxylic acids is 1. The van der Waals surface area contributed by atoms with Gasteiger partial charge in [-0.05, 0) is 38.4 Å². The summed E-state index contributed by atoms with van der Waals surface area (Å²) in [5, 5.41) is 0. The molecule has 4 heteroatoms. The summed E-state index contributed by atoms with van der Waals surface area (Å²) < 4.78 is 10.8. The first-order valence-corrected chi connectivity index (χ1v) is 7.36. The number of hydrogen-bond donors (Lipinski definition) is 0. The van der Waals surface area contributed by atoms with E-state index in [2.05, 4.69) is 4.90 Å². The second kappa shape index (κ2) is 7.90. The number of nitrogens with zero attached hydrogens (tertiary/aromatic N) is 1. The van der Waals surface area contributed by atoms with Gasteiger partial charge < -0.3 is 9.47 Å². The van der Waals surface area contributed by atoms with E-state index < -0.39 is 0 Å². The summed E-state index contributed by atoms with van der Waals surface area (Å²) in [7, 11) is 0. The quantitative estimate of drug-likeness (QED) is 0.748. The van der Waals surface area contributed by atoms with Crippen molar-refractivity contribution in [2.24, 2.45) is 5.92 Å². The van der Waals surface area contributed by atoms with Gasteiger partial charge in [0.1, 0.15) is 12.4 Å². The Balaban J connectivity index is 1.71. The zero-order valence-electron chi connectivity index (χ0n) is 12.1. The van der Waals surface area contributed by atoms with Crippen molar-refractivity contribution in [1.82, 2.24) is 4.90 Å². The summed E-state index contributed by atoms with van der Waals surface area (Å²) in [6.07, 6.45) is 1.99. The Morgan fingerprint density at radius 2 is 2.15 bits per heavy atom. The number of rotatable bonds is 6. The van der Waals surface area contributed by atoms with Crippen molar-refractivity contribution >= 4 is 5.97 Å². The Labute approximate surface area is 120 Å². The maximum atomic E-state index is 11.8. The van der Waals surface area contributed by atoms with Gasteiger partial charge in [-0.1, -0.05) is 18.2 Å². The fourth-order valence-corrected chi connectivity index (χ4v) is 2.52. The number of piperidine rings is 1. The number of carbonyl (C=O) groups is 1. The molecule has 1 unspecified atom stereocenters. The Kier molecular flexibility index (Phi) is 5.87. The van der Waals surface area contributed by atoms with Crippen LogP contribution >= 0.6 is 0 Å². The van der Waals surface area contributed by atoms with E-state index in [1.165, 1.54) is 0 Å². The molecule has 0 saturated carbocycles. The smallest absolute Gasteiger partial charge is 0.310 e. The van der Waals surface area contributed by atoms with Crippen LogP contribution in [0.15, 0.2) is 30.3 Å². The van der Waals surface area contributed by atoms with Crippen molar-refractivity contribution < 1.29 is 14.3 Å². The molecule has 1 heterocycles. The van der Waals surface area contributed by atoms with Crippen molar-refractivity contribution in [2.75, 3.05) is 32.8 Å². The molecule has 110 valence electrons. The molecule has 0 bridgehead atoms. The van der Waals surface area contributed by atoms with Crippen LogP contribution in [0.4, 0.5) is 0 Å². The minimum Gasteiger partial charge on any atom is -0.492 e. The Morgan fingerprint density at radius 3 is 2.90 bits per heavy atom. The highest BCUT2D eigenvalue weighted by molar-refractivity contribution is 5.72. The summed E-state index contributed by atoms with van der Waals surface area (Å²) in [5.74, 6) is 0.869. The van der Waals surface area contributed by atoms with Gasteiger partial charge in [-0.25, -0.2) is 0 Å². The van der Waals surface area contributed by atoms with Gasteiger partial charge in [-0.15, -0.1) is 0 Å². The van der Waals surface area contributed by atoms with Crippen molar-refractivity contribution in [3.63, 3.8) is 0 Å². The van der Waals surface area contributed by atoms with E-state index in [1.54, 1.807) is 0 Å². The lowest BCUT2D eigenvalue weighted by molar-refractivity contribution is -0.150. The van der Waals surface area contributed by atoms with Gasteiger partial charge in [0.05, 0.1) is 12.5 Å². The van der Waals surface area contributed by atoms with Crippen molar-refractivity contribution in [3.8, 4) is 5.75 Å². The molecule has 0 N–H and O–H groups in total. The second-order valence-electron chi connectivity index (χ2n) is 5.05. The fourth-order valence-electron chi connectivity index (χ4n) is 2.52. The van der Waals surface area contributed by atoms with Crippen molar-refractivity contribution in [1.29, 1.82) is 0 Å². The molecule has 0 spiro atoms. The molecule has 0 aromatic heterocycles. The van der Waals surface area contributed by atoms with E-state index in [0.717, 1.165) is 38.2 Å². The topological polar surface area (TPSA) is 38.8 Å². The highest BCUT2D eigenvalue weighted by Crippen LogP contribution is 2.18. The first kappa shape index (κ1) is 14.9. The van der Waals surface area contributed by atoms with Gasteiger partial charge in [-0.2, -0.15) is 0 Å². The molecule has 20 heavy (non-hydrogen) atoms. The third kappa shape index (κ3) is 4.53. The van der Waals surface area contributed by atoms with Crippen LogP contribution < -0.4 is 4.74 Å². The van der Waals surface area contributed by atoms with Gasteiger partial charge in [0.15, 0.2) is 0 Å². The number of esters is 1. The minimum atomic E-state index is -0.0545. The van der Waals surface area contributed by atoms with Crippen molar-refractivity contribution in [3.05, 3.63) is 30.3 Å². The van der Waals surface area contributed by atoms with E-state index in [4.69, 9.17) is 9.47 Å². The standard InChI is InChI=1S/C16H23NO3/c1-2-19-16(18)14-7-6-10-17(13-14)11-12-20-15-8-4-3-5-9-15/h3-5,8-9,14H,2,6-7,10-13H2,1H3. The predicted octanol–water partition coefficient (Wildman–Crippen LogP) is 2.34. The number of benzene rings is 1.